The third kappa shape index (κ3) is 5.86. The number of rotatable bonds is 5. The van der Waals surface area contributed by atoms with E-state index >= 15 is 0 Å². The molecule has 0 bridgehead atoms. The number of anilines is 1. The fourth-order valence-electron chi connectivity index (χ4n) is 4.48. The summed E-state index contributed by atoms with van der Waals surface area (Å²) < 4.78 is 42.8. The van der Waals surface area contributed by atoms with Gasteiger partial charge in [-0.15, -0.1) is 0 Å². The van der Waals surface area contributed by atoms with Gasteiger partial charge in [-0.25, -0.2) is 0 Å². The Kier molecular flexibility index (Phi) is 8.12. The van der Waals surface area contributed by atoms with Crippen LogP contribution in [0.25, 0.3) is 11.0 Å². The van der Waals surface area contributed by atoms with Crippen LogP contribution in [0.5, 0.6) is 0 Å². The van der Waals surface area contributed by atoms with Gasteiger partial charge in [0.15, 0.2) is 0 Å². The molecule has 1 aromatic heterocycles. The van der Waals surface area contributed by atoms with Crippen molar-refractivity contribution < 1.29 is 44.2 Å². The zero-order chi connectivity index (χ0) is 25.3. The van der Waals surface area contributed by atoms with Crippen LogP contribution in [-0.4, -0.2) is 54.9 Å². The van der Waals surface area contributed by atoms with E-state index in [9.17, 15) is 18.4 Å². The van der Waals surface area contributed by atoms with Crippen molar-refractivity contribution in [3.8, 4) is 0 Å². The Morgan fingerprint density at radius 3 is 2.77 bits per heavy atom. The van der Waals surface area contributed by atoms with Gasteiger partial charge in [0.1, 0.15) is 0 Å². The second-order valence-corrected chi connectivity index (χ2v) is 11.8. The molecule has 1 aliphatic carbocycles. The average molecular weight is 602 g/mol. The first kappa shape index (κ1) is 26.0. The predicted octanol–water partition coefficient (Wildman–Crippen LogP) is 0.934. The first-order chi connectivity index (χ1) is 16.6. The Balaban J connectivity index is 1.79. The van der Waals surface area contributed by atoms with E-state index in [1.807, 2.05) is 13.8 Å². The number of benzene rings is 1. The molecule has 1 N–H and O–H groups in total. The van der Waals surface area contributed by atoms with Crippen molar-refractivity contribution in [3.05, 3.63) is 51.5 Å². The number of carbonyl (C=O) groups excluding carboxylic acids is 1. The number of nitrogens with zero attached hydrogens (tertiary/aromatic N) is 2. The molecule has 7 nitrogen and oxygen atoms in total. The summed E-state index contributed by atoms with van der Waals surface area (Å²) in [6, 6.07) is 3.96. The molecule has 0 spiro atoms. The Morgan fingerprint density at radius 1 is 1.31 bits per heavy atom. The molecule has 4 atom stereocenters. The van der Waals surface area contributed by atoms with E-state index in [-0.39, 0.29) is 30.1 Å². The number of nitrogens with one attached hydrogen (secondary N) is 1. The van der Waals surface area contributed by atoms with Crippen molar-refractivity contribution in [2.45, 2.75) is 44.9 Å². The van der Waals surface area contributed by atoms with Gasteiger partial charge in [0.05, 0.1) is 0 Å². The number of hydrogen-bond acceptors (Lipinski definition) is 6. The summed E-state index contributed by atoms with van der Waals surface area (Å²) in [6.07, 6.45) is 0.252. The Labute approximate surface area is 214 Å². The summed E-state index contributed by atoms with van der Waals surface area (Å²) in [7, 11) is 3.30. The van der Waals surface area contributed by atoms with E-state index in [1.165, 1.54) is 17.0 Å². The number of alkyl halides is 2. The quantitative estimate of drug-likeness (QED) is 0.312. The minimum absolute atomic E-state index is 0.140. The van der Waals surface area contributed by atoms with Crippen molar-refractivity contribution in [1.29, 1.82) is 0 Å². The van der Waals surface area contributed by atoms with Crippen molar-refractivity contribution in [3.63, 3.8) is 0 Å². The molecule has 3 unspecified atom stereocenters. The molecule has 0 radical (unpaired) electrons. The topological polar surface area (TPSA) is 75.0 Å². The summed E-state index contributed by atoms with van der Waals surface area (Å²) in [5.41, 5.74) is 1.16. The number of allylic oxidation sites excluding steroid dienone is 1. The van der Waals surface area contributed by atoms with Gasteiger partial charge in [0.25, 0.3) is 0 Å². The summed E-state index contributed by atoms with van der Waals surface area (Å²) >= 11 is -0.467. The number of amides is 1. The summed E-state index contributed by atoms with van der Waals surface area (Å²) in [4.78, 5) is 27.4. The molecule has 1 amide bonds. The molecule has 2 heterocycles. The van der Waals surface area contributed by atoms with Crippen molar-refractivity contribution in [1.82, 2.24) is 10.2 Å². The Bertz CT molecular complexity index is 1180. The first-order valence-electron chi connectivity index (χ1n) is 11.7. The zero-order valence-corrected chi connectivity index (χ0v) is 22.5. The molecule has 0 saturated carbocycles. The summed E-state index contributed by atoms with van der Waals surface area (Å²) in [5.74, 6) is -0.359. The normalized spacial score (nSPS) is 24.3. The second kappa shape index (κ2) is 10.9. The third-order valence-corrected chi connectivity index (χ3v) is 8.87. The molecule has 1 saturated heterocycles. The van der Waals surface area contributed by atoms with Gasteiger partial charge in [0.2, 0.25) is 0 Å². The molecule has 10 heteroatoms. The molecule has 4 rings (SSSR count). The van der Waals surface area contributed by atoms with Gasteiger partial charge >= 0.3 is 214 Å². The second-order valence-electron chi connectivity index (χ2n) is 9.36. The SMILES string of the molecule is CC1CC(F)CC(F)=CC1N[C@H](C)c1cc(C(=O)N(C)C)cc2c(=O)cc(N3CCOC[I-]3)oc12. The minimum atomic E-state index is -1.22. The molecule has 2 aliphatic rings. The fourth-order valence-corrected chi connectivity index (χ4v) is 6.44. The zero-order valence-electron chi connectivity index (χ0n) is 20.3. The van der Waals surface area contributed by atoms with Crippen LogP contribution >= 0.6 is 0 Å². The van der Waals surface area contributed by atoms with Crippen LogP contribution in [0.4, 0.5) is 14.7 Å². The van der Waals surface area contributed by atoms with Crippen LogP contribution in [0.2, 0.25) is 0 Å². The van der Waals surface area contributed by atoms with Gasteiger partial charge in [-0.3, -0.25) is 0 Å². The number of hydrogen-bond donors (Lipinski definition) is 1. The summed E-state index contributed by atoms with van der Waals surface area (Å²) in [5, 5.41) is 3.70. The van der Waals surface area contributed by atoms with Gasteiger partial charge in [-0.2, -0.15) is 0 Å². The first-order valence-corrected chi connectivity index (χ1v) is 14.2. The third-order valence-electron chi connectivity index (χ3n) is 6.37. The number of halogens is 3. The number of carbonyl (C=O) groups is 1. The molecule has 1 aliphatic heterocycles. The standard InChI is InChI=1S/C25H31F2IN3O4/c1-14-7-17(26)10-18(27)11-21(14)29-15(2)19-8-16(25(33)30(3)4)9-20-22(32)12-23(35-24(19)20)31-5-6-34-13-28-31/h8-9,11-12,14-15,17,21,29H,5-7,10,13H2,1-4H3/q-1/t14?,15-,17?,21?/m1/s1. The van der Waals surface area contributed by atoms with E-state index in [0.29, 0.717) is 45.7 Å². The van der Waals surface area contributed by atoms with E-state index in [0.717, 1.165) is 0 Å². The maximum absolute atomic E-state index is 14.3. The Hall–Kier alpha value is -2.05. The molecule has 2 aromatic rings. The van der Waals surface area contributed by atoms with Crippen LogP contribution in [-0.2, 0) is 4.74 Å². The van der Waals surface area contributed by atoms with Crippen LogP contribution in [0.15, 0.2) is 39.3 Å². The van der Waals surface area contributed by atoms with Crippen molar-refractivity contribution in [2.75, 3.05) is 35.0 Å². The molecular weight excluding hydrogens is 571 g/mol. The van der Waals surface area contributed by atoms with E-state index in [4.69, 9.17) is 9.15 Å². The number of ether oxygens (including phenoxy) is 1. The van der Waals surface area contributed by atoms with Gasteiger partial charge < -0.3 is 0 Å². The summed E-state index contributed by atoms with van der Waals surface area (Å²) in [6.45, 7) is 4.98. The molecule has 1 fully saturated rings. The van der Waals surface area contributed by atoms with Crippen LogP contribution in [0.1, 0.15) is 48.7 Å². The number of fused-ring (bicyclic) bond motifs is 1. The van der Waals surface area contributed by atoms with Gasteiger partial charge in [-0.05, 0) is 0 Å². The fraction of sp³-hybridized carbons (Fsp3) is 0.520. The monoisotopic (exact) mass is 602 g/mol. The van der Waals surface area contributed by atoms with E-state index in [1.54, 1.807) is 26.2 Å². The van der Waals surface area contributed by atoms with E-state index in [2.05, 4.69) is 8.43 Å². The average Bonchev–Trinajstić information content (AvgIpc) is 2.94. The predicted molar refractivity (Wildman–Crippen MR) is 126 cm³/mol. The van der Waals surface area contributed by atoms with E-state index < -0.39 is 45.6 Å². The Morgan fingerprint density at radius 2 is 2.09 bits per heavy atom. The van der Waals surface area contributed by atoms with Crippen molar-refractivity contribution >= 4 is 22.8 Å². The molecule has 1 aromatic carbocycles. The maximum atomic E-state index is 14.3. The van der Waals surface area contributed by atoms with Crippen molar-refractivity contribution in [2.24, 2.45) is 5.92 Å². The van der Waals surface area contributed by atoms with Crippen LogP contribution < -0.4 is 35.3 Å². The van der Waals surface area contributed by atoms with Crippen LogP contribution in [0.3, 0.4) is 0 Å². The van der Waals surface area contributed by atoms with Gasteiger partial charge in [0, 0.05) is 0 Å². The van der Waals surface area contributed by atoms with Gasteiger partial charge in [-0.1, -0.05) is 0 Å². The molecule has 35 heavy (non-hydrogen) atoms. The molecular formula is C25H31F2IN3O4-. The van der Waals surface area contributed by atoms with Crippen LogP contribution in [0, 0.1) is 5.92 Å². The molecule has 192 valence electrons.